The van der Waals surface area contributed by atoms with Crippen LogP contribution in [0.3, 0.4) is 0 Å². The van der Waals surface area contributed by atoms with E-state index in [4.69, 9.17) is 16.3 Å². The van der Waals surface area contributed by atoms with Gasteiger partial charge < -0.3 is 10.1 Å². The molecule has 0 aliphatic rings. The first-order valence-electron chi connectivity index (χ1n) is 6.83. The van der Waals surface area contributed by atoms with Gasteiger partial charge in [-0.1, -0.05) is 29.8 Å². The Kier molecular flexibility index (Phi) is 5.68. The minimum Gasteiger partial charge on any atom is -0.496 e. The summed E-state index contributed by atoms with van der Waals surface area (Å²) in [4.78, 5) is 0. The highest BCUT2D eigenvalue weighted by Crippen LogP contribution is 2.28. The molecular weight excluding hydrogens is 350 g/mol. The van der Waals surface area contributed by atoms with Crippen LogP contribution in [0.5, 0.6) is 5.75 Å². The number of aryl methyl sites for hydroxylation is 1. The zero-order valence-corrected chi connectivity index (χ0v) is 14.8. The van der Waals surface area contributed by atoms with E-state index in [0.29, 0.717) is 0 Å². The predicted molar refractivity (Wildman–Crippen MR) is 92.1 cm³/mol. The number of nitrogens with one attached hydrogen (secondary N) is 1. The van der Waals surface area contributed by atoms with E-state index in [9.17, 15) is 0 Å². The van der Waals surface area contributed by atoms with Crippen molar-refractivity contribution in [2.75, 3.05) is 7.11 Å². The summed E-state index contributed by atoms with van der Waals surface area (Å²) in [6.07, 6.45) is 0. The van der Waals surface area contributed by atoms with Crippen molar-refractivity contribution >= 4 is 27.5 Å². The summed E-state index contributed by atoms with van der Waals surface area (Å²) in [6, 6.07) is 12.5. The van der Waals surface area contributed by atoms with Gasteiger partial charge in [0.25, 0.3) is 0 Å². The first-order chi connectivity index (χ1) is 10.0. The Hall–Kier alpha value is -1.03. The summed E-state index contributed by atoms with van der Waals surface area (Å²) in [7, 11) is 1.67. The van der Waals surface area contributed by atoms with Crippen LogP contribution in [0.2, 0.25) is 5.02 Å². The molecule has 0 spiro atoms. The lowest BCUT2D eigenvalue weighted by Crippen LogP contribution is -2.18. The number of ether oxygens (including phenoxy) is 1. The molecule has 112 valence electrons. The maximum Gasteiger partial charge on any atom is 0.133 e. The number of benzene rings is 2. The lowest BCUT2D eigenvalue weighted by molar-refractivity contribution is 0.411. The molecule has 0 aromatic heterocycles. The molecule has 0 saturated carbocycles. The maximum atomic E-state index is 6.15. The Morgan fingerprint density at radius 1 is 1.24 bits per heavy atom. The molecule has 0 aliphatic heterocycles. The van der Waals surface area contributed by atoms with E-state index in [2.05, 4.69) is 46.4 Å². The van der Waals surface area contributed by atoms with Gasteiger partial charge in [0, 0.05) is 17.6 Å². The third-order valence-corrected chi connectivity index (χ3v) is 4.55. The molecule has 2 nitrogen and oxygen atoms in total. The van der Waals surface area contributed by atoms with Crippen LogP contribution in [-0.4, -0.2) is 7.11 Å². The lowest BCUT2D eigenvalue weighted by Gasteiger charge is -2.16. The van der Waals surface area contributed by atoms with Gasteiger partial charge in [0.2, 0.25) is 0 Å². The van der Waals surface area contributed by atoms with Crippen LogP contribution in [-0.2, 0) is 6.54 Å². The minimum atomic E-state index is 0.243. The Morgan fingerprint density at radius 2 is 2.00 bits per heavy atom. The highest BCUT2D eigenvalue weighted by molar-refractivity contribution is 9.10. The standard InChI is InChI=1S/C17H19BrClNO/c1-11-4-5-13(8-16(11)19)10-20-12(2)14-6-7-17(21-3)15(18)9-14/h4-9,12,20H,10H2,1-3H3. The summed E-state index contributed by atoms with van der Waals surface area (Å²) in [5.74, 6) is 0.844. The molecule has 0 radical (unpaired) electrons. The van der Waals surface area contributed by atoms with Crippen molar-refractivity contribution in [1.82, 2.24) is 5.32 Å². The number of hydrogen-bond donors (Lipinski definition) is 1. The Morgan fingerprint density at radius 3 is 2.62 bits per heavy atom. The molecule has 4 heteroatoms. The van der Waals surface area contributed by atoms with E-state index >= 15 is 0 Å². The second kappa shape index (κ2) is 7.30. The van der Waals surface area contributed by atoms with Gasteiger partial charge in [0.1, 0.15) is 5.75 Å². The lowest BCUT2D eigenvalue weighted by atomic mass is 10.1. The van der Waals surface area contributed by atoms with E-state index in [0.717, 1.165) is 27.4 Å². The van der Waals surface area contributed by atoms with E-state index in [1.165, 1.54) is 11.1 Å². The van der Waals surface area contributed by atoms with E-state index < -0.39 is 0 Å². The number of rotatable bonds is 5. The summed E-state index contributed by atoms with van der Waals surface area (Å²) < 4.78 is 6.22. The van der Waals surface area contributed by atoms with Gasteiger partial charge in [-0.25, -0.2) is 0 Å². The topological polar surface area (TPSA) is 21.3 Å². The number of halogens is 2. The average molecular weight is 369 g/mol. The monoisotopic (exact) mass is 367 g/mol. The van der Waals surface area contributed by atoms with Gasteiger partial charge >= 0.3 is 0 Å². The first kappa shape index (κ1) is 16.3. The molecule has 0 bridgehead atoms. The van der Waals surface area contributed by atoms with Crippen molar-refractivity contribution in [2.24, 2.45) is 0 Å². The van der Waals surface area contributed by atoms with Gasteiger partial charge in [0.05, 0.1) is 11.6 Å². The van der Waals surface area contributed by atoms with Crippen LogP contribution in [0.25, 0.3) is 0 Å². The second-order valence-electron chi connectivity index (χ2n) is 5.08. The average Bonchev–Trinajstić information content (AvgIpc) is 2.48. The largest absolute Gasteiger partial charge is 0.496 e. The second-order valence-corrected chi connectivity index (χ2v) is 6.34. The fourth-order valence-corrected chi connectivity index (χ4v) is 2.85. The van der Waals surface area contributed by atoms with Crippen molar-refractivity contribution in [3.63, 3.8) is 0 Å². The third kappa shape index (κ3) is 4.22. The zero-order valence-electron chi connectivity index (χ0n) is 12.4. The number of hydrogen-bond acceptors (Lipinski definition) is 2. The number of methoxy groups -OCH3 is 1. The van der Waals surface area contributed by atoms with Crippen LogP contribution >= 0.6 is 27.5 Å². The summed E-state index contributed by atoms with van der Waals surface area (Å²) >= 11 is 9.67. The van der Waals surface area contributed by atoms with E-state index in [1.54, 1.807) is 7.11 Å². The van der Waals surface area contributed by atoms with E-state index in [1.807, 2.05) is 25.1 Å². The molecule has 1 unspecified atom stereocenters. The van der Waals surface area contributed by atoms with E-state index in [-0.39, 0.29) is 6.04 Å². The Bertz CT molecular complexity index is 630. The minimum absolute atomic E-state index is 0.243. The van der Waals surface area contributed by atoms with Crippen molar-refractivity contribution < 1.29 is 4.74 Å². The molecule has 0 heterocycles. The molecule has 1 N–H and O–H groups in total. The van der Waals surface area contributed by atoms with Crippen LogP contribution in [0.4, 0.5) is 0 Å². The summed E-state index contributed by atoms with van der Waals surface area (Å²) in [6.45, 7) is 4.94. The van der Waals surface area contributed by atoms with Crippen molar-refractivity contribution in [3.8, 4) is 5.75 Å². The molecule has 1 atom stereocenters. The fraction of sp³-hybridized carbons (Fsp3) is 0.294. The maximum absolute atomic E-state index is 6.15. The van der Waals surface area contributed by atoms with Crippen LogP contribution in [0.1, 0.15) is 29.7 Å². The van der Waals surface area contributed by atoms with Crippen molar-refractivity contribution in [3.05, 3.63) is 62.6 Å². The molecule has 0 aliphatic carbocycles. The van der Waals surface area contributed by atoms with Gasteiger partial charge in [-0.2, -0.15) is 0 Å². The van der Waals surface area contributed by atoms with Crippen LogP contribution in [0.15, 0.2) is 40.9 Å². The molecule has 0 fully saturated rings. The molecule has 21 heavy (non-hydrogen) atoms. The van der Waals surface area contributed by atoms with Gasteiger partial charge in [-0.3, -0.25) is 0 Å². The van der Waals surface area contributed by atoms with Gasteiger partial charge in [-0.15, -0.1) is 0 Å². The fourth-order valence-electron chi connectivity index (χ4n) is 2.09. The Labute approximate surface area is 139 Å². The van der Waals surface area contributed by atoms with Crippen LogP contribution < -0.4 is 10.1 Å². The SMILES string of the molecule is COc1ccc(C(C)NCc2ccc(C)c(Cl)c2)cc1Br. The smallest absolute Gasteiger partial charge is 0.133 e. The van der Waals surface area contributed by atoms with Gasteiger partial charge in [-0.05, 0) is 64.7 Å². The van der Waals surface area contributed by atoms with Crippen molar-refractivity contribution in [1.29, 1.82) is 0 Å². The first-order valence-corrected chi connectivity index (χ1v) is 8.00. The quantitative estimate of drug-likeness (QED) is 0.776. The Balaban J connectivity index is 2.02. The molecule has 2 aromatic rings. The third-order valence-electron chi connectivity index (χ3n) is 3.52. The molecular formula is C17H19BrClNO. The predicted octanol–water partition coefficient (Wildman–Crippen LogP) is 5.27. The summed E-state index contributed by atoms with van der Waals surface area (Å²) in [5.41, 5.74) is 3.50. The molecule has 2 aromatic carbocycles. The molecule has 0 saturated heterocycles. The summed E-state index contributed by atoms with van der Waals surface area (Å²) in [5, 5.41) is 4.32. The normalized spacial score (nSPS) is 12.2. The van der Waals surface area contributed by atoms with Gasteiger partial charge in [0.15, 0.2) is 0 Å². The zero-order chi connectivity index (χ0) is 15.4. The van der Waals surface area contributed by atoms with Crippen molar-refractivity contribution in [2.45, 2.75) is 26.4 Å². The molecule has 0 amide bonds. The highest BCUT2D eigenvalue weighted by Gasteiger charge is 2.08. The highest BCUT2D eigenvalue weighted by atomic mass is 79.9. The molecule has 2 rings (SSSR count). The van der Waals surface area contributed by atoms with Crippen LogP contribution in [0, 0.1) is 6.92 Å².